The van der Waals surface area contributed by atoms with Crippen LogP contribution in [0.4, 0.5) is 10.1 Å². The second-order valence-corrected chi connectivity index (χ2v) is 5.35. The lowest BCUT2D eigenvalue weighted by atomic mass is 10.1. The van der Waals surface area contributed by atoms with E-state index >= 15 is 0 Å². The predicted molar refractivity (Wildman–Crippen MR) is 96.3 cm³/mol. The SMILES string of the molecule is CCN(C(=O)c1ccc(OCC(=O)NC)c(OC)c1)c1ccc(F)cc1. The van der Waals surface area contributed by atoms with Crippen molar-refractivity contribution < 1.29 is 23.5 Å². The molecule has 1 N–H and O–H groups in total. The van der Waals surface area contributed by atoms with Crippen molar-refractivity contribution in [2.45, 2.75) is 6.92 Å². The summed E-state index contributed by atoms with van der Waals surface area (Å²) in [5, 5.41) is 2.45. The number of anilines is 1. The number of hydrogen-bond donors (Lipinski definition) is 1. The molecule has 0 spiro atoms. The fourth-order valence-corrected chi connectivity index (χ4v) is 2.36. The lowest BCUT2D eigenvalue weighted by Gasteiger charge is -2.21. The summed E-state index contributed by atoms with van der Waals surface area (Å²) in [7, 11) is 2.97. The van der Waals surface area contributed by atoms with Crippen molar-refractivity contribution in [2.24, 2.45) is 0 Å². The van der Waals surface area contributed by atoms with Crippen molar-refractivity contribution in [2.75, 3.05) is 32.2 Å². The second-order valence-electron chi connectivity index (χ2n) is 5.35. The molecular formula is C19H21FN2O4. The molecule has 0 aliphatic rings. The van der Waals surface area contributed by atoms with E-state index in [2.05, 4.69) is 5.32 Å². The molecule has 0 aliphatic heterocycles. The molecule has 138 valence electrons. The molecule has 6 nitrogen and oxygen atoms in total. The smallest absolute Gasteiger partial charge is 0.258 e. The molecular weight excluding hydrogens is 339 g/mol. The number of nitrogens with zero attached hydrogens (tertiary/aromatic N) is 1. The van der Waals surface area contributed by atoms with Gasteiger partial charge in [0.15, 0.2) is 18.1 Å². The minimum absolute atomic E-state index is 0.156. The summed E-state index contributed by atoms with van der Waals surface area (Å²) >= 11 is 0. The molecule has 0 heterocycles. The normalized spacial score (nSPS) is 10.2. The van der Waals surface area contributed by atoms with Gasteiger partial charge in [0, 0.05) is 24.8 Å². The summed E-state index contributed by atoms with van der Waals surface area (Å²) in [5.74, 6) is -0.195. The Labute approximate surface area is 151 Å². The van der Waals surface area contributed by atoms with Crippen LogP contribution in [0.2, 0.25) is 0 Å². The van der Waals surface area contributed by atoms with Crippen LogP contribution in [0.1, 0.15) is 17.3 Å². The van der Waals surface area contributed by atoms with Crippen LogP contribution in [0.3, 0.4) is 0 Å². The summed E-state index contributed by atoms with van der Waals surface area (Å²) in [6.07, 6.45) is 0. The van der Waals surface area contributed by atoms with Crippen molar-refractivity contribution in [3.63, 3.8) is 0 Å². The van der Waals surface area contributed by atoms with Crippen LogP contribution < -0.4 is 19.7 Å². The molecule has 26 heavy (non-hydrogen) atoms. The van der Waals surface area contributed by atoms with Crippen LogP contribution in [-0.2, 0) is 4.79 Å². The Balaban J connectivity index is 2.24. The Morgan fingerprint density at radius 1 is 1.12 bits per heavy atom. The maximum atomic E-state index is 13.1. The molecule has 0 unspecified atom stereocenters. The highest BCUT2D eigenvalue weighted by Crippen LogP contribution is 2.29. The number of carbonyl (C=O) groups is 2. The maximum absolute atomic E-state index is 13.1. The van der Waals surface area contributed by atoms with Gasteiger partial charge in [-0.2, -0.15) is 0 Å². The highest BCUT2D eigenvalue weighted by Gasteiger charge is 2.18. The Hall–Kier alpha value is -3.09. The summed E-state index contributed by atoms with van der Waals surface area (Å²) in [5.41, 5.74) is 0.984. The van der Waals surface area contributed by atoms with Gasteiger partial charge in [0.05, 0.1) is 7.11 Å². The molecule has 2 aromatic rings. The third kappa shape index (κ3) is 4.50. The van der Waals surface area contributed by atoms with E-state index in [9.17, 15) is 14.0 Å². The molecule has 2 rings (SSSR count). The number of methoxy groups -OCH3 is 1. The van der Waals surface area contributed by atoms with E-state index in [-0.39, 0.29) is 24.2 Å². The van der Waals surface area contributed by atoms with Crippen LogP contribution in [0.25, 0.3) is 0 Å². The zero-order valence-electron chi connectivity index (χ0n) is 14.9. The Morgan fingerprint density at radius 2 is 1.81 bits per heavy atom. The van der Waals surface area contributed by atoms with E-state index < -0.39 is 0 Å². The Kier molecular flexibility index (Phi) is 6.54. The van der Waals surface area contributed by atoms with Gasteiger partial charge in [-0.05, 0) is 49.4 Å². The van der Waals surface area contributed by atoms with E-state index in [1.165, 1.54) is 31.2 Å². The van der Waals surface area contributed by atoms with Gasteiger partial charge < -0.3 is 19.7 Å². The average Bonchev–Trinajstić information content (AvgIpc) is 2.67. The van der Waals surface area contributed by atoms with Crippen LogP contribution in [0.15, 0.2) is 42.5 Å². The van der Waals surface area contributed by atoms with Gasteiger partial charge in [0.2, 0.25) is 0 Å². The number of hydrogen-bond acceptors (Lipinski definition) is 4. The molecule has 0 aliphatic carbocycles. The third-order valence-corrected chi connectivity index (χ3v) is 3.75. The van der Waals surface area contributed by atoms with Gasteiger partial charge in [0.25, 0.3) is 11.8 Å². The first-order valence-electron chi connectivity index (χ1n) is 8.09. The first-order chi connectivity index (χ1) is 12.5. The van der Waals surface area contributed by atoms with Gasteiger partial charge in [-0.3, -0.25) is 9.59 Å². The van der Waals surface area contributed by atoms with Gasteiger partial charge in [0.1, 0.15) is 5.82 Å². The quantitative estimate of drug-likeness (QED) is 0.824. The predicted octanol–water partition coefficient (Wildman–Crippen LogP) is 2.63. The monoisotopic (exact) mass is 360 g/mol. The van der Waals surface area contributed by atoms with E-state index in [1.54, 1.807) is 30.3 Å². The lowest BCUT2D eigenvalue weighted by molar-refractivity contribution is -0.122. The number of carbonyl (C=O) groups excluding carboxylic acids is 2. The standard InChI is InChI=1S/C19H21FN2O4/c1-4-22(15-8-6-14(20)7-9-15)19(24)13-5-10-16(17(11-13)25-3)26-12-18(23)21-2/h5-11H,4,12H2,1-3H3,(H,21,23). The molecule has 0 saturated heterocycles. The second kappa shape index (κ2) is 8.84. The molecule has 7 heteroatoms. The highest BCUT2D eigenvalue weighted by atomic mass is 19.1. The molecule has 0 atom stereocenters. The van der Waals surface area contributed by atoms with Crippen LogP contribution in [0.5, 0.6) is 11.5 Å². The van der Waals surface area contributed by atoms with E-state index in [1.807, 2.05) is 6.92 Å². The van der Waals surface area contributed by atoms with E-state index in [4.69, 9.17) is 9.47 Å². The summed E-state index contributed by atoms with van der Waals surface area (Å²) in [6, 6.07) is 10.4. The van der Waals surface area contributed by atoms with E-state index in [0.29, 0.717) is 29.3 Å². The number of halogens is 1. The molecule has 0 fully saturated rings. The minimum Gasteiger partial charge on any atom is -0.493 e. The van der Waals surface area contributed by atoms with Gasteiger partial charge in [-0.15, -0.1) is 0 Å². The fraction of sp³-hybridized carbons (Fsp3) is 0.263. The van der Waals surface area contributed by atoms with Gasteiger partial charge in [-0.1, -0.05) is 0 Å². The fourth-order valence-electron chi connectivity index (χ4n) is 2.36. The zero-order valence-corrected chi connectivity index (χ0v) is 14.9. The largest absolute Gasteiger partial charge is 0.493 e. The molecule has 0 bridgehead atoms. The number of benzene rings is 2. The number of nitrogens with one attached hydrogen (secondary N) is 1. The lowest BCUT2D eigenvalue weighted by Crippen LogP contribution is -2.30. The molecule has 0 saturated carbocycles. The number of rotatable bonds is 7. The van der Waals surface area contributed by atoms with Gasteiger partial charge in [-0.25, -0.2) is 4.39 Å². The first-order valence-corrected chi connectivity index (χ1v) is 8.09. The van der Waals surface area contributed by atoms with Crippen LogP contribution >= 0.6 is 0 Å². The number of likely N-dealkylation sites (N-methyl/N-ethyl adjacent to an activating group) is 1. The molecule has 2 amide bonds. The summed E-state index contributed by atoms with van der Waals surface area (Å²) < 4.78 is 23.8. The van der Waals surface area contributed by atoms with Crippen LogP contribution in [-0.4, -0.2) is 39.1 Å². The number of amides is 2. The minimum atomic E-state index is -0.364. The molecule has 0 radical (unpaired) electrons. The topological polar surface area (TPSA) is 67.9 Å². The average molecular weight is 360 g/mol. The zero-order chi connectivity index (χ0) is 19.1. The summed E-state index contributed by atoms with van der Waals surface area (Å²) in [6.45, 7) is 2.10. The first kappa shape index (κ1) is 19.2. The Morgan fingerprint density at radius 3 is 2.38 bits per heavy atom. The maximum Gasteiger partial charge on any atom is 0.258 e. The van der Waals surface area contributed by atoms with Crippen molar-refractivity contribution >= 4 is 17.5 Å². The van der Waals surface area contributed by atoms with E-state index in [0.717, 1.165) is 0 Å². The van der Waals surface area contributed by atoms with Crippen molar-refractivity contribution in [1.29, 1.82) is 0 Å². The third-order valence-electron chi connectivity index (χ3n) is 3.75. The van der Waals surface area contributed by atoms with Crippen molar-refractivity contribution in [3.8, 4) is 11.5 Å². The van der Waals surface area contributed by atoms with Crippen LogP contribution in [0, 0.1) is 5.82 Å². The number of ether oxygens (including phenoxy) is 2. The van der Waals surface area contributed by atoms with Crippen molar-refractivity contribution in [1.82, 2.24) is 5.32 Å². The molecule has 0 aromatic heterocycles. The summed E-state index contributed by atoms with van der Waals surface area (Å²) in [4.78, 5) is 25.7. The molecule has 2 aromatic carbocycles. The highest BCUT2D eigenvalue weighted by molar-refractivity contribution is 6.06. The Bertz CT molecular complexity index is 778. The van der Waals surface area contributed by atoms with Crippen molar-refractivity contribution in [3.05, 3.63) is 53.8 Å². The van der Waals surface area contributed by atoms with Gasteiger partial charge >= 0.3 is 0 Å².